The Morgan fingerprint density at radius 3 is 2.74 bits per heavy atom. The van der Waals surface area contributed by atoms with Crippen LogP contribution in [-0.2, 0) is 4.74 Å². The van der Waals surface area contributed by atoms with E-state index >= 15 is 0 Å². The zero-order valence-corrected chi connectivity index (χ0v) is 11.7. The first kappa shape index (κ1) is 13.4. The van der Waals surface area contributed by atoms with E-state index in [4.69, 9.17) is 10.5 Å². The Bertz CT molecular complexity index is 617. The number of anilines is 1. The molecule has 0 aliphatic carbocycles. The summed E-state index contributed by atoms with van der Waals surface area (Å²) in [6.45, 7) is 0. The molecular weight excluding hydrogens is 312 g/mol. The summed E-state index contributed by atoms with van der Waals surface area (Å²) in [5, 5.41) is 0. The van der Waals surface area contributed by atoms with E-state index in [1.807, 2.05) is 0 Å². The summed E-state index contributed by atoms with van der Waals surface area (Å²) < 4.78 is 11.0. The molecule has 0 aliphatic rings. The minimum Gasteiger partial charge on any atom is -0.465 e. The number of nitrogens with two attached hydrogens (primary N) is 1. The number of benzene rings is 1. The fraction of sp³-hybridized carbons (Fsp3) is 0.0769. The summed E-state index contributed by atoms with van der Waals surface area (Å²) in [7, 11) is 1.32. The third kappa shape index (κ3) is 3.23. The van der Waals surface area contributed by atoms with Gasteiger partial charge in [-0.25, -0.2) is 4.79 Å². The van der Waals surface area contributed by atoms with E-state index in [0.717, 1.165) is 4.47 Å². The van der Waals surface area contributed by atoms with Crippen LogP contribution in [0.3, 0.4) is 0 Å². The minimum atomic E-state index is -0.442. The fourth-order valence-electron chi connectivity index (χ4n) is 1.46. The number of halogens is 1. The van der Waals surface area contributed by atoms with Crippen LogP contribution >= 0.6 is 15.9 Å². The summed E-state index contributed by atoms with van der Waals surface area (Å²) in [4.78, 5) is 15.3. The van der Waals surface area contributed by atoms with Crippen molar-refractivity contribution >= 4 is 27.6 Å². The van der Waals surface area contributed by atoms with Gasteiger partial charge in [-0.15, -0.1) is 0 Å². The van der Waals surface area contributed by atoms with Crippen LogP contribution in [0.25, 0.3) is 0 Å². The molecule has 0 spiro atoms. The largest absolute Gasteiger partial charge is 0.465 e. The Labute approximate surface area is 118 Å². The van der Waals surface area contributed by atoms with Gasteiger partial charge in [0.25, 0.3) is 0 Å². The molecule has 98 valence electrons. The first-order valence-electron chi connectivity index (χ1n) is 5.36. The molecular formula is C13H11BrN2O3. The molecule has 19 heavy (non-hydrogen) atoms. The van der Waals surface area contributed by atoms with Gasteiger partial charge in [0.2, 0.25) is 0 Å². The Hall–Kier alpha value is -2.08. The molecule has 6 heteroatoms. The monoisotopic (exact) mass is 322 g/mol. The topological polar surface area (TPSA) is 74.4 Å². The smallest absolute Gasteiger partial charge is 0.337 e. The lowest BCUT2D eigenvalue weighted by atomic mass is 10.2. The second-order valence-electron chi connectivity index (χ2n) is 3.69. The number of methoxy groups -OCH3 is 1. The number of nitrogen functional groups attached to an aromatic ring is 1. The Morgan fingerprint density at radius 2 is 2.11 bits per heavy atom. The van der Waals surface area contributed by atoms with Crippen molar-refractivity contribution in [2.24, 2.45) is 0 Å². The molecule has 1 aromatic carbocycles. The van der Waals surface area contributed by atoms with E-state index < -0.39 is 5.97 Å². The van der Waals surface area contributed by atoms with Gasteiger partial charge in [-0.1, -0.05) is 0 Å². The van der Waals surface area contributed by atoms with Gasteiger partial charge in [0, 0.05) is 10.7 Å². The van der Waals surface area contributed by atoms with E-state index in [2.05, 4.69) is 25.7 Å². The van der Waals surface area contributed by atoms with Crippen molar-refractivity contribution in [3.05, 3.63) is 46.7 Å². The molecule has 0 amide bonds. The first-order valence-corrected chi connectivity index (χ1v) is 6.15. The second-order valence-corrected chi connectivity index (χ2v) is 4.60. The molecule has 0 saturated carbocycles. The third-order valence-electron chi connectivity index (χ3n) is 2.34. The van der Waals surface area contributed by atoms with Crippen molar-refractivity contribution in [3.63, 3.8) is 0 Å². The van der Waals surface area contributed by atoms with Gasteiger partial charge in [0.15, 0.2) is 0 Å². The summed E-state index contributed by atoms with van der Waals surface area (Å²) in [5.41, 5.74) is 6.56. The van der Waals surface area contributed by atoms with Crippen LogP contribution in [0.4, 0.5) is 5.69 Å². The van der Waals surface area contributed by atoms with Crippen LogP contribution in [-0.4, -0.2) is 18.1 Å². The molecule has 5 nitrogen and oxygen atoms in total. The van der Waals surface area contributed by atoms with Crippen LogP contribution in [0.15, 0.2) is 41.1 Å². The van der Waals surface area contributed by atoms with E-state index in [-0.39, 0.29) is 0 Å². The number of hydrogen-bond donors (Lipinski definition) is 1. The maximum Gasteiger partial charge on any atom is 0.337 e. The van der Waals surface area contributed by atoms with Gasteiger partial charge < -0.3 is 15.2 Å². The zero-order chi connectivity index (χ0) is 13.8. The van der Waals surface area contributed by atoms with Gasteiger partial charge in [-0.3, -0.25) is 4.98 Å². The lowest BCUT2D eigenvalue weighted by Crippen LogP contribution is -2.02. The highest BCUT2D eigenvalue weighted by Gasteiger charge is 2.09. The summed E-state index contributed by atoms with van der Waals surface area (Å²) >= 11 is 3.30. The van der Waals surface area contributed by atoms with E-state index in [9.17, 15) is 4.79 Å². The fourth-order valence-corrected chi connectivity index (χ4v) is 1.81. The SMILES string of the molecule is COC(=O)c1ccc(Oc2cncc(Br)c2)c(N)c1. The van der Waals surface area contributed by atoms with Crippen molar-refractivity contribution in [2.75, 3.05) is 12.8 Å². The molecule has 2 aromatic rings. The van der Waals surface area contributed by atoms with Gasteiger partial charge in [0.1, 0.15) is 11.5 Å². The molecule has 2 rings (SSSR count). The second kappa shape index (κ2) is 5.71. The number of rotatable bonds is 3. The number of pyridine rings is 1. The zero-order valence-electron chi connectivity index (χ0n) is 10.1. The molecule has 0 fully saturated rings. The van der Waals surface area contributed by atoms with Crippen molar-refractivity contribution < 1.29 is 14.3 Å². The first-order chi connectivity index (χ1) is 9.10. The molecule has 2 N–H and O–H groups in total. The lowest BCUT2D eigenvalue weighted by molar-refractivity contribution is 0.0601. The quantitative estimate of drug-likeness (QED) is 0.694. The highest BCUT2D eigenvalue weighted by Crippen LogP contribution is 2.29. The molecule has 0 bridgehead atoms. The van der Waals surface area contributed by atoms with Crippen LogP contribution in [0.1, 0.15) is 10.4 Å². The summed E-state index contributed by atoms with van der Waals surface area (Å²) in [6.07, 6.45) is 3.22. The maximum absolute atomic E-state index is 11.3. The van der Waals surface area contributed by atoms with Crippen LogP contribution in [0, 0.1) is 0 Å². The van der Waals surface area contributed by atoms with E-state index in [1.54, 1.807) is 30.6 Å². The lowest BCUT2D eigenvalue weighted by Gasteiger charge is -2.09. The van der Waals surface area contributed by atoms with Crippen LogP contribution in [0.2, 0.25) is 0 Å². The predicted octanol–water partition coefficient (Wildman–Crippen LogP) is 3.01. The van der Waals surface area contributed by atoms with Crippen molar-refractivity contribution in [1.29, 1.82) is 0 Å². The summed E-state index contributed by atoms with van der Waals surface area (Å²) in [6, 6.07) is 6.47. The van der Waals surface area contributed by atoms with Crippen molar-refractivity contribution in [2.45, 2.75) is 0 Å². The van der Waals surface area contributed by atoms with Gasteiger partial charge in [0.05, 0.1) is 24.6 Å². The Kier molecular flexibility index (Phi) is 4.01. The Balaban J connectivity index is 2.24. The van der Waals surface area contributed by atoms with E-state index in [1.165, 1.54) is 13.2 Å². The van der Waals surface area contributed by atoms with Gasteiger partial charge >= 0.3 is 5.97 Å². The Morgan fingerprint density at radius 1 is 1.32 bits per heavy atom. The van der Waals surface area contributed by atoms with Crippen molar-refractivity contribution in [3.8, 4) is 11.5 Å². The molecule has 0 radical (unpaired) electrons. The van der Waals surface area contributed by atoms with Gasteiger partial charge in [-0.2, -0.15) is 0 Å². The maximum atomic E-state index is 11.3. The number of hydrogen-bond acceptors (Lipinski definition) is 5. The normalized spacial score (nSPS) is 10.0. The highest BCUT2D eigenvalue weighted by atomic mass is 79.9. The summed E-state index contributed by atoms with van der Waals surface area (Å²) in [5.74, 6) is 0.557. The molecule has 0 atom stereocenters. The molecule has 1 aromatic heterocycles. The van der Waals surface area contributed by atoms with E-state index in [0.29, 0.717) is 22.7 Å². The molecule has 0 unspecified atom stereocenters. The third-order valence-corrected chi connectivity index (χ3v) is 2.77. The average Bonchev–Trinajstić information content (AvgIpc) is 2.40. The number of ether oxygens (including phenoxy) is 2. The molecule has 1 heterocycles. The standard InChI is InChI=1S/C13H11BrN2O3/c1-18-13(17)8-2-3-12(11(15)4-8)19-10-5-9(14)6-16-7-10/h2-7H,15H2,1H3. The predicted molar refractivity (Wildman–Crippen MR) is 74.2 cm³/mol. The highest BCUT2D eigenvalue weighted by molar-refractivity contribution is 9.10. The number of aromatic nitrogens is 1. The van der Waals surface area contributed by atoms with Crippen LogP contribution < -0.4 is 10.5 Å². The number of carbonyl (C=O) groups excluding carboxylic acids is 1. The number of carbonyl (C=O) groups is 1. The van der Waals surface area contributed by atoms with Crippen LogP contribution in [0.5, 0.6) is 11.5 Å². The van der Waals surface area contributed by atoms with Crippen molar-refractivity contribution in [1.82, 2.24) is 4.98 Å². The minimum absolute atomic E-state index is 0.350. The molecule has 0 saturated heterocycles. The van der Waals surface area contributed by atoms with Gasteiger partial charge in [-0.05, 0) is 40.2 Å². The average molecular weight is 323 g/mol. The molecule has 0 aliphatic heterocycles. The number of nitrogens with zero attached hydrogens (tertiary/aromatic N) is 1. The number of esters is 1.